The van der Waals surface area contributed by atoms with Crippen LogP contribution in [-0.4, -0.2) is 4.09 Å². The topological polar surface area (TPSA) is 4.93 Å². The van der Waals surface area contributed by atoms with Gasteiger partial charge in [-0.15, -0.1) is 0 Å². The molecule has 1 aromatic carbocycles. The minimum absolute atomic E-state index is 1.11. The third-order valence-corrected chi connectivity index (χ3v) is 2.15. The lowest BCUT2D eigenvalue weighted by atomic mass is 10.2. The highest BCUT2D eigenvalue weighted by Gasteiger charge is 1.99. The van der Waals surface area contributed by atoms with Crippen molar-refractivity contribution in [1.82, 2.24) is 4.09 Å². The molecule has 2 aromatic rings. The molecule has 0 spiro atoms. The second-order valence-corrected chi connectivity index (χ2v) is 3.00. The molecule has 1 aromatic heterocycles. The summed E-state index contributed by atoms with van der Waals surface area (Å²) in [4.78, 5) is 0. The van der Waals surface area contributed by atoms with Gasteiger partial charge in [-0.05, 0) is 18.6 Å². The molecule has 0 radical (unpaired) electrons. The van der Waals surface area contributed by atoms with Crippen LogP contribution in [0.4, 0.5) is 0 Å². The Bertz CT molecular complexity index is 389. The molecule has 0 aliphatic carbocycles. The molecule has 0 aliphatic heterocycles. The molecule has 0 aliphatic rings. The Hall–Kier alpha value is -0.950. The summed E-state index contributed by atoms with van der Waals surface area (Å²) in [7, 11) is 0. The van der Waals surface area contributed by atoms with Gasteiger partial charge in [-0.1, -0.05) is 18.2 Å². The Balaban J connectivity index is 2.96. The fourth-order valence-electron chi connectivity index (χ4n) is 1.33. The SMILES string of the molecule is Cc1cccc2ccn(Cl)c12. The second-order valence-electron chi connectivity index (χ2n) is 2.64. The summed E-state index contributed by atoms with van der Waals surface area (Å²) in [5, 5.41) is 1.19. The Morgan fingerprint density at radius 1 is 1.27 bits per heavy atom. The number of benzene rings is 1. The summed E-state index contributed by atoms with van der Waals surface area (Å²) in [6.45, 7) is 2.06. The molecule has 0 amide bonds. The zero-order chi connectivity index (χ0) is 7.84. The molecule has 56 valence electrons. The molecule has 1 heterocycles. The number of fused-ring (bicyclic) bond motifs is 1. The van der Waals surface area contributed by atoms with E-state index in [4.69, 9.17) is 11.8 Å². The first-order valence-corrected chi connectivity index (χ1v) is 3.85. The van der Waals surface area contributed by atoms with Gasteiger partial charge in [-0.3, -0.25) is 4.09 Å². The first-order chi connectivity index (χ1) is 5.29. The van der Waals surface area contributed by atoms with E-state index in [1.807, 2.05) is 18.3 Å². The van der Waals surface area contributed by atoms with Crippen molar-refractivity contribution in [2.45, 2.75) is 6.92 Å². The van der Waals surface area contributed by atoms with E-state index in [2.05, 4.69) is 19.1 Å². The number of hydrogen-bond donors (Lipinski definition) is 0. The molecule has 0 unspecified atom stereocenters. The number of aromatic nitrogens is 1. The lowest BCUT2D eigenvalue weighted by Gasteiger charge is -1.96. The Labute approximate surface area is 70.3 Å². The standard InChI is InChI=1S/C9H8ClN/c1-7-3-2-4-8-5-6-11(10)9(7)8/h2-6H,1H3. The van der Waals surface area contributed by atoms with E-state index in [9.17, 15) is 0 Å². The summed E-state index contributed by atoms with van der Waals surface area (Å²) in [5.74, 6) is 0. The van der Waals surface area contributed by atoms with Crippen molar-refractivity contribution in [2.24, 2.45) is 0 Å². The van der Waals surface area contributed by atoms with Crippen LogP contribution in [0, 0.1) is 6.92 Å². The van der Waals surface area contributed by atoms with Crippen LogP contribution in [0.2, 0.25) is 0 Å². The largest absolute Gasteiger partial charge is 0.260 e. The van der Waals surface area contributed by atoms with Crippen LogP contribution in [0.15, 0.2) is 30.5 Å². The van der Waals surface area contributed by atoms with E-state index in [0.29, 0.717) is 0 Å². The lowest BCUT2D eigenvalue weighted by Crippen LogP contribution is -1.79. The van der Waals surface area contributed by atoms with Crippen molar-refractivity contribution in [3.63, 3.8) is 0 Å². The molecular formula is C9H8ClN. The fraction of sp³-hybridized carbons (Fsp3) is 0.111. The van der Waals surface area contributed by atoms with Gasteiger partial charge in [0.15, 0.2) is 0 Å². The average Bonchev–Trinajstić information content (AvgIpc) is 2.34. The summed E-state index contributed by atoms with van der Waals surface area (Å²) in [6, 6.07) is 8.16. The maximum atomic E-state index is 5.89. The second kappa shape index (κ2) is 2.28. The van der Waals surface area contributed by atoms with Crippen molar-refractivity contribution in [2.75, 3.05) is 0 Å². The number of hydrogen-bond acceptors (Lipinski definition) is 0. The summed E-state index contributed by atoms with van der Waals surface area (Å²) in [5.41, 5.74) is 2.32. The van der Waals surface area contributed by atoms with Crippen LogP contribution >= 0.6 is 11.8 Å². The molecule has 0 atom stereocenters. The van der Waals surface area contributed by atoms with Crippen molar-refractivity contribution < 1.29 is 0 Å². The lowest BCUT2D eigenvalue weighted by molar-refractivity contribution is 1.30. The normalized spacial score (nSPS) is 10.7. The van der Waals surface area contributed by atoms with E-state index in [1.165, 1.54) is 10.9 Å². The maximum Gasteiger partial charge on any atom is 0.0676 e. The number of aryl methyl sites for hydroxylation is 1. The van der Waals surface area contributed by atoms with Gasteiger partial charge < -0.3 is 0 Å². The van der Waals surface area contributed by atoms with E-state index in [-0.39, 0.29) is 0 Å². The third kappa shape index (κ3) is 0.925. The first kappa shape index (κ1) is 6.74. The quantitative estimate of drug-likeness (QED) is 0.566. The molecule has 0 fully saturated rings. The zero-order valence-corrected chi connectivity index (χ0v) is 6.97. The average molecular weight is 166 g/mol. The number of rotatable bonds is 0. The zero-order valence-electron chi connectivity index (χ0n) is 6.21. The molecule has 11 heavy (non-hydrogen) atoms. The van der Waals surface area contributed by atoms with Crippen LogP contribution in [-0.2, 0) is 0 Å². The van der Waals surface area contributed by atoms with Gasteiger partial charge in [0.2, 0.25) is 0 Å². The van der Waals surface area contributed by atoms with Crippen molar-refractivity contribution in [1.29, 1.82) is 0 Å². The number of nitrogens with zero attached hydrogens (tertiary/aromatic N) is 1. The van der Waals surface area contributed by atoms with Crippen molar-refractivity contribution >= 4 is 22.7 Å². The predicted molar refractivity (Wildman–Crippen MR) is 47.9 cm³/mol. The molecule has 2 rings (SSSR count). The Kier molecular flexibility index (Phi) is 1.40. The van der Waals surface area contributed by atoms with Gasteiger partial charge >= 0.3 is 0 Å². The monoisotopic (exact) mass is 165 g/mol. The smallest absolute Gasteiger partial charge is 0.0676 e. The predicted octanol–water partition coefficient (Wildman–Crippen LogP) is 2.95. The maximum absolute atomic E-state index is 5.89. The van der Waals surface area contributed by atoms with Crippen LogP contribution in [0.25, 0.3) is 10.9 Å². The van der Waals surface area contributed by atoms with E-state index < -0.39 is 0 Å². The first-order valence-electron chi connectivity index (χ1n) is 3.52. The third-order valence-electron chi connectivity index (χ3n) is 1.87. The van der Waals surface area contributed by atoms with Crippen LogP contribution in [0.5, 0.6) is 0 Å². The number of halogens is 1. The molecule has 2 heteroatoms. The van der Waals surface area contributed by atoms with Gasteiger partial charge in [0.25, 0.3) is 0 Å². The van der Waals surface area contributed by atoms with Gasteiger partial charge in [0.1, 0.15) is 0 Å². The van der Waals surface area contributed by atoms with Gasteiger partial charge in [0.05, 0.1) is 5.52 Å². The molecule has 0 saturated carbocycles. The van der Waals surface area contributed by atoms with Gasteiger partial charge in [0, 0.05) is 23.4 Å². The molecular weight excluding hydrogens is 158 g/mol. The molecule has 0 bridgehead atoms. The highest BCUT2D eigenvalue weighted by molar-refractivity contribution is 6.19. The van der Waals surface area contributed by atoms with Gasteiger partial charge in [-0.25, -0.2) is 0 Å². The van der Waals surface area contributed by atoms with E-state index >= 15 is 0 Å². The molecule has 0 saturated heterocycles. The highest BCUT2D eigenvalue weighted by Crippen LogP contribution is 2.19. The minimum atomic E-state index is 1.11. The van der Waals surface area contributed by atoms with Crippen LogP contribution in [0.3, 0.4) is 0 Å². The Morgan fingerprint density at radius 2 is 2.09 bits per heavy atom. The van der Waals surface area contributed by atoms with Crippen LogP contribution < -0.4 is 0 Å². The highest BCUT2D eigenvalue weighted by atomic mass is 35.5. The number of para-hydroxylation sites is 1. The summed E-state index contributed by atoms with van der Waals surface area (Å²) >= 11 is 5.89. The fourth-order valence-corrected chi connectivity index (χ4v) is 1.62. The Morgan fingerprint density at radius 3 is 2.82 bits per heavy atom. The molecule has 0 N–H and O–H groups in total. The summed E-state index contributed by atoms with van der Waals surface area (Å²) < 4.78 is 1.63. The van der Waals surface area contributed by atoms with Gasteiger partial charge in [-0.2, -0.15) is 0 Å². The van der Waals surface area contributed by atoms with E-state index in [1.54, 1.807) is 4.09 Å². The minimum Gasteiger partial charge on any atom is -0.260 e. The van der Waals surface area contributed by atoms with E-state index in [0.717, 1.165) is 5.52 Å². The summed E-state index contributed by atoms with van der Waals surface area (Å²) in [6.07, 6.45) is 1.86. The van der Waals surface area contributed by atoms with Crippen LogP contribution in [0.1, 0.15) is 5.56 Å². The molecule has 1 nitrogen and oxygen atoms in total. The van der Waals surface area contributed by atoms with Crippen molar-refractivity contribution in [3.05, 3.63) is 36.0 Å². The van der Waals surface area contributed by atoms with Crippen molar-refractivity contribution in [3.8, 4) is 0 Å².